The first kappa shape index (κ1) is 14.7. The van der Waals surface area contributed by atoms with Crippen molar-refractivity contribution in [2.75, 3.05) is 7.05 Å². The van der Waals surface area contributed by atoms with Crippen LogP contribution in [-0.2, 0) is 23.1 Å². The van der Waals surface area contributed by atoms with E-state index in [2.05, 4.69) is 31.0 Å². The number of halogens is 1. The van der Waals surface area contributed by atoms with Crippen molar-refractivity contribution < 1.29 is 12.8 Å². The molecule has 2 N–H and O–H groups in total. The molecule has 9 heteroatoms. The third-order valence-electron chi connectivity index (χ3n) is 2.24. The summed E-state index contributed by atoms with van der Waals surface area (Å²) in [6.45, 7) is 0.625. The van der Waals surface area contributed by atoms with E-state index < -0.39 is 10.0 Å². The van der Waals surface area contributed by atoms with Crippen molar-refractivity contribution in [2.45, 2.75) is 18.0 Å². The summed E-state index contributed by atoms with van der Waals surface area (Å²) in [4.78, 5) is 4.11. The van der Waals surface area contributed by atoms with Gasteiger partial charge in [0.2, 0.25) is 10.0 Å². The minimum Gasteiger partial charge on any atom is -0.452 e. The van der Waals surface area contributed by atoms with Crippen molar-refractivity contribution in [1.29, 1.82) is 0 Å². The van der Waals surface area contributed by atoms with Gasteiger partial charge in [0.1, 0.15) is 15.7 Å². The van der Waals surface area contributed by atoms with E-state index in [1.54, 1.807) is 18.6 Å². The first-order chi connectivity index (χ1) is 9.03. The van der Waals surface area contributed by atoms with E-state index in [0.29, 0.717) is 17.3 Å². The number of nitrogens with one attached hydrogen (secondary N) is 2. The van der Waals surface area contributed by atoms with E-state index in [1.165, 1.54) is 17.4 Å². The Bertz CT molecular complexity index is 637. The van der Waals surface area contributed by atoms with E-state index in [0.717, 1.165) is 0 Å². The molecule has 19 heavy (non-hydrogen) atoms. The molecule has 0 saturated heterocycles. The largest absolute Gasteiger partial charge is 0.452 e. The van der Waals surface area contributed by atoms with E-state index in [-0.39, 0.29) is 16.1 Å². The lowest BCUT2D eigenvalue weighted by Crippen LogP contribution is -2.23. The molecule has 0 atom stereocenters. The first-order valence-corrected chi connectivity index (χ1v) is 8.49. The molecule has 0 fully saturated rings. The molecule has 0 amide bonds. The topological polar surface area (TPSA) is 84.2 Å². The van der Waals surface area contributed by atoms with Crippen molar-refractivity contribution in [3.63, 3.8) is 0 Å². The van der Waals surface area contributed by atoms with Gasteiger partial charge in [0.05, 0.1) is 13.1 Å². The maximum atomic E-state index is 12.1. The van der Waals surface area contributed by atoms with Gasteiger partial charge in [-0.05, 0) is 23.0 Å². The lowest BCUT2D eigenvalue weighted by Gasteiger charge is -2.02. The molecular formula is C10H12BrN3O3S2. The molecule has 0 bridgehead atoms. The van der Waals surface area contributed by atoms with Gasteiger partial charge in [-0.25, -0.2) is 18.1 Å². The molecule has 0 saturated carbocycles. The van der Waals surface area contributed by atoms with Crippen LogP contribution in [0.5, 0.6) is 0 Å². The predicted octanol–water partition coefficient (Wildman–Crippen LogP) is 1.70. The van der Waals surface area contributed by atoms with E-state index in [9.17, 15) is 8.42 Å². The minimum absolute atomic E-state index is 0.0920. The molecular weight excluding hydrogens is 354 g/mol. The number of nitrogens with zero attached hydrogens (tertiary/aromatic N) is 1. The number of sulfonamides is 1. The summed E-state index contributed by atoms with van der Waals surface area (Å²) in [5.41, 5.74) is 0. The van der Waals surface area contributed by atoms with Crippen LogP contribution in [0.4, 0.5) is 0 Å². The number of thiazole rings is 1. The molecule has 104 valence electrons. The molecule has 6 nitrogen and oxygen atoms in total. The Morgan fingerprint density at radius 3 is 2.89 bits per heavy atom. The monoisotopic (exact) mass is 365 g/mol. The average molecular weight is 366 g/mol. The molecule has 2 aromatic rings. The average Bonchev–Trinajstić information content (AvgIpc) is 2.97. The lowest BCUT2D eigenvalue weighted by molar-refractivity contribution is 0.470. The van der Waals surface area contributed by atoms with E-state index in [4.69, 9.17) is 4.42 Å². The van der Waals surface area contributed by atoms with Gasteiger partial charge in [-0.15, -0.1) is 11.3 Å². The summed E-state index contributed by atoms with van der Waals surface area (Å²) in [6, 6.07) is 1.49. The Morgan fingerprint density at radius 1 is 1.47 bits per heavy atom. The summed E-state index contributed by atoms with van der Waals surface area (Å²) in [5.74, 6) is 0.545. The highest BCUT2D eigenvalue weighted by molar-refractivity contribution is 9.10. The third kappa shape index (κ3) is 3.63. The molecule has 0 unspecified atom stereocenters. The third-order valence-corrected chi connectivity index (χ3v) is 5.28. The highest BCUT2D eigenvalue weighted by Gasteiger charge is 2.22. The van der Waals surface area contributed by atoms with E-state index >= 15 is 0 Å². The van der Waals surface area contributed by atoms with Crippen molar-refractivity contribution in [3.05, 3.63) is 33.1 Å². The Balaban J connectivity index is 2.14. The molecule has 0 aromatic carbocycles. The fraction of sp³-hybridized carbons (Fsp3) is 0.300. The summed E-state index contributed by atoms with van der Waals surface area (Å²) < 4.78 is 32.2. The summed E-state index contributed by atoms with van der Waals surface area (Å²) >= 11 is 4.51. The quantitative estimate of drug-likeness (QED) is 0.813. The van der Waals surface area contributed by atoms with Gasteiger partial charge < -0.3 is 9.73 Å². The van der Waals surface area contributed by atoms with Crippen LogP contribution in [0.3, 0.4) is 0 Å². The van der Waals surface area contributed by atoms with Crippen molar-refractivity contribution in [1.82, 2.24) is 15.0 Å². The Hall–Kier alpha value is -0.740. The molecule has 0 aliphatic rings. The minimum atomic E-state index is -3.62. The fourth-order valence-corrected chi connectivity index (χ4v) is 4.05. The number of hydrogen-bond acceptors (Lipinski definition) is 6. The lowest BCUT2D eigenvalue weighted by atomic mass is 10.4. The highest BCUT2D eigenvalue weighted by Crippen LogP contribution is 2.26. The summed E-state index contributed by atoms with van der Waals surface area (Å²) in [5, 5.41) is 5.39. The zero-order chi connectivity index (χ0) is 13.9. The van der Waals surface area contributed by atoms with Crippen molar-refractivity contribution in [2.24, 2.45) is 0 Å². The van der Waals surface area contributed by atoms with Gasteiger partial charge in [0, 0.05) is 17.6 Å². The molecule has 0 aliphatic carbocycles. The Morgan fingerprint density at radius 2 is 2.26 bits per heavy atom. The second-order valence-corrected chi connectivity index (χ2v) is 7.07. The zero-order valence-electron chi connectivity index (χ0n) is 10.0. The number of rotatable bonds is 6. The Labute approximate surface area is 123 Å². The van der Waals surface area contributed by atoms with Crippen molar-refractivity contribution >= 4 is 37.3 Å². The SMILES string of the molecule is CNCc1cc(S(=O)(=O)NCc2nccs2)c(Br)o1. The van der Waals surface area contributed by atoms with Gasteiger partial charge in [-0.3, -0.25) is 0 Å². The standard InChI is InChI=1S/C10H12BrN3O3S2/c1-12-5-7-4-8(10(11)17-7)19(15,16)14-6-9-13-2-3-18-9/h2-4,12,14H,5-6H2,1H3. The Kier molecular flexibility index (Phi) is 4.74. The van der Waals surface area contributed by atoms with Crippen LogP contribution in [-0.4, -0.2) is 20.4 Å². The summed E-state index contributed by atoms with van der Waals surface area (Å²) in [7, 11) is -1.86. The highest BCUT2D eigenvalue weighted by atomic mass is 79.9. The zero-order valence-corrected chi connectivity index (χ0v) is 13.2. The molecule has 0 aliphatic heterocycles. The second-order valence-electron chi connectivity index (χ2n) is 3.63. The van der Waals surface area contributed by atoms with Crippen LogP contribution in [0.25, 0.3) is 0 Å². The maximum Gasteiger partial charge on any atom is 0.245 e. The van der Waals surface area contributed by atoms with Gasteiger partial charge in [-0.1, -0.05) is 0 Å². The van der Waals surface area contributed by atoms with Crippen molar-refractivity contribution in [3.8, 4) is 0 Å². The van der Waals surface area contributed by atoms with Crippen LogP contribution in [0.1, 0.15) is 10.8 Å². The second kappa shape index (κ2) is 6.14. The molecule has 0 radical (unpaired) electrons. The van der Waals surface area contributed by atoms with Crippen LogP contribution in [0.15, 0.2) is 31.6 Å². The molecule has 2 rings (SSSR count). The van der Waals surface area contributed by atoms with Gasteiger partial charge >= 0.3 is 0 Å². The van der Waals surface area contributed by atoms with Gasteiger partial charge in [-0.2, -0.15) is 0 Å². The predicted molar refractivity (Wildman–Crippen MR) is 75.3 cm³/mol. The van der Waals surface area contributed by atoms with Gasteiger partial charge in [0.15, 0.2) is 4.67 Å². The normalized spacial score (nSPS) is 11.9. The first-order valence-electron chi connectivity index (χ1n) is 5.34. The van der Waals surface area contributed by atoms with E-state index in [1.807, 2.05) is 0 Å². The smallest absolute Gasteiger partial charge is 0.245 e. The van der Waals surface area contributed by atoms with Crippen LogP contribution < -0.4 is 10.0 Å². The number of furan rings is 1. The maximum absolute atomic E-state index is 12.1. The molecule has 0 spiro atoms. The summed E-state index contributed by atoms with van der Waals surface area (Å²) in [6.07, 6.45) is 1.63. The fourth-order valence-electron chi connectivity index (χ4n) is 1.42. The molecule has 2 aromatic heterocycles. The molecule has 2 heterocycles. The number of aromatic nitrogens is 1. The van der Waals surface area contributed by atoms with Crippen LogP contribution in [0.2, 0.25) is 0 Å². The number of hydrogen-bond donors (Lipinski definition) is 2. The van der Waals surface area contributed by atoms with Gasteiger partial charge in [0.25, 0.3) is 0 Å². The van der Waals surface area contributed by atoms with Crippen LogP contribution in [0, 0.1) is 0 Å². The van der Waals surface area contributed by atoms with Crippen LogP contribution >= 0.6 is 27.3 Å².